The molecular formula is C19H25N3OS. The largest absolute Gasteiger partial charge is 0.336 e. The normalized spacial score (nSPS) is 17.4. The fourth-order valence-corrected chi connectivity index (χ4v) is 3.97. The average molecular weight is 343 g/mol. The summed E-state index contributed by atoms with van der Waals surface area (Å²) in [6.45, 7) is 6.82. The van der Waals surface area contributed by atoms with E-state index in [0.29, 0.717) is 18.4 Å². The maximum Gasteiger partial charge on any atom is 0.254 e. The Balaban J connectivity index is 1.75. The summed E-state index contributed by atoms with van der Waals surface area (Å²) in [7, 11) is 1.86. The van der Waals surface area contributed by atoms with Crippen molar-refractivity contribution in [3.05, 3.63) is 51.5 Å². The van der Waals surface area contributed by atoms with Crippen molar-refractivity contribution in [3.8, 4) is 0 Å². The molecule has 0 saturated carbocycles. The van der Waals surface area contributed by atoms with Gasteiger partial charge >= 0.3 is 0 Å². The van der Waals surface area contributed by atoms with Gasteiger partial charge in [0.2, 0.25) is 0 Å². The van der Waals surface area contributed by atoms with E-state index in [1.54, 1.807) is 16.2 Å². The summed E-state index contributed by atoms with van der Waals surface area (Å²) < 4.78 is 0. The van der Waals surface area contributed by atoms with Gasteiger partial charge in [0.25, 0.3) is 5.91 Å². The van der Waals surface area contributed by atoms with Gasteiger partial charge in [-0.2, -0.15) is 0 Å². The molecule has 5 heteroatoms. The molecule has 1 fully saturated rings. The third kappa shape index (κ3) is 3.68. The van der Waals surface area contributed by atoms with E-state index in [1.165, 1.54) is 5.56 Å². The van der Waals surface area contributed by atoms with Gasteiger partial charge in [-0.15, -0.1) is 11.3 Å². The number of hydrogen-bond donors (Lipinski definition) is 1. The standard InChI is InChI=1S/C19H25N3OS/c1-13(2)18-21-15(12-24-18)11-22(3)19(23)17-7-5-4-6-16(17)14-8-9-20-10-14/h4-7,12-14,20H,8-11H2,1-3H3/t14-/m1/s1. The second-order valence-electron chi connectivity index (χ2n) is 6.77. The lowest BCUT2D eigenvalue weighted by Crippen LogP contribution is -2.28. The summed E-state index contributed by atoms with van der Waals surface area (Å²) >= 11 is 1.67. The van der Waals surface area contributed by atoms with Crippen molar-refractivity contribution in [2.45, 2.75) is 38.6 Å². The van der Waals surface area contributed by atoms with Crippen molar-refractivity contribution in [3.63, 3.8) is 0 Å². The Hall–Kier alpha value is -1.72. The molecule has 1 atom stereocenters. The Labute approximate surface area is 147 Å². The molecule has 1 aliphatic rings. The molecule has 0 spiro atoms. The van der Waals surface area contributed by atoms with E-state index in [0.717, 1.165) is 35.8 Å². The van der Waals surface area contributed by atoms with Crippen molar-refractivity contribution in [2.24, 2.45) is 0 Å². The number of nitrogens with one attached hydrogen (secondary N) is 1. The zero-order chi connectivity index (χ0) is 17.1. The van der Waals surface area contributed by atoms with Gasteiger partial charge in [0.05, 0.1) is 17.2 Å². The lowest BCUT2D eigenvalue weighted by molar-refractivity contribution is 0.0782. The van der Waals surface area contributed by atoms with Gasteiger partial charge < -0.3 is 10.2 Å². The maximum absolute atomic E-state index is 12.9. The molecule has 1 aliphatic heterocycles. The van der Waals surface area contributed by atoms with Crippen LogP contribution in [0.25, 0.3) is 0 Å². The smallest absolute Gasteiger partial charge is 0.254 e. The Kier molecular flexibility index (Phi) is 5.31. The number of carbonyl (C=O) groups is 1. The number of amides is 1. The van der Waals surface area contributed by atoms with Crippen LogP contribution in [0.3, 0.4) is 0 Å². The highest BCUT2D eigenvalue weighted by Gasteiger charge is 2.24. The molecule has 4 nitrogen and oxygen atoms in total. The van der Waals surface area contributed by atoms with Crippen molar-refractivity contribution < 1.29 is 4.79 Å². The fraction of sp³-hybridized carbons (Fsp3) is 0.474. The highest BCUT2D eigenvalue weighted by molar-refractivity contribution is 7.09. The SMILES string of the molecule is CC(C)c1nc(CN(C)C(=O)c2ccccc2[C@@H]2CCNC2)cs1. The first-order chi connectivity index (χ1) is 11.6. The minimum Gasteiger partial charge on any atom is -0.336 e. The third-order valence-electron chi connectivity index (χ3n) is 4.50. The summed E-state index contributed by atoms with van der Waals surface area (Å²) in [6, 6.07) is 8.03. The molecule has 24 heavy (non-hydrogen) atoms. The molecule has 1 saturated heterocycles. The zero-order valence-corrected chi connectivity index (χ0v) is 15.4. The number of carbonyl (C=O) groups excluding carboxylic acids is 1. The number of aromatic nitrogens is 1. The summed E-state index contributed by atoms with van der Waals surface area (Å²) in [5.74, 6) is 0.947. The van der Waals surface area contributed by atoms with E-state index in [4.69, 9.17) is 0 Å². The molecule has 0 aliphatic carbocycles. The van der Waals surface area contributed by atoms with Crippen LogP contribution in [0.5, 0.6) is 0 Å². The molecule has 1 aromatic carbocycles. The number of rotatable bonds is 5. The molecule has 1 amide bonds. The summed E-state index contributed by atoms with van der Waals surface area (Å²) in [4.78, 5) is 19.4. The van der Waals surface area contributed by atoms with E-state index in [1.807, 2.05) is 25.2 Å². The van der Waals surface area contributed by atoms with Crippen LogP contribution in [0.2, 0.25) is 0 Å². The van der Waals surface area contributed by atoms with Crippen molar-refractivity contribution in [1.82, 2.24) is 15.2 Å². The monoisotopic (exact) mass is 343 g/mol. The average Bonchev–Trinajstić information content (AvgIpc) is 3.25. The van der Waals surface area contributed by atoms with E-state index in [-0.39, 0.29) is 5.91 Å². The Morgan fingerprint density at radius 3 is 2.88 bits per heavy atom. The number of benzene rings is 1. The van der Waals surface area contributed by atoms with Gasteiger partial charge in [0.15, 0.2) is 0 Å². The molecule has 0 unspecified atom stereocenters. The number of hydrogen-bond acceptors (Lipinski definition) is 4. The predicted octanol–water partition coefficient (Wildman–Crippen LogP) is 3.62. The van der Waals surface area contributed by atoms with Gasteiger partial charge in [-0.3, -0.25) is 4.79 Å². The third-order valence-corrected chi connectivity index (χ3v) is 5.69. The fourth-order valence-electron chi connectivity index (χ4n) is 3.15. The number of nitrogens with zero attached hydrogens (tertiary/aromatic N) is 2. The molecule has 0 radical (unpaired) electrons. The first-order valence-electron chi connectivity index (χ1n) is 8.55. The van der Waals surface area contributed by atoms with E-state index in [9.17, 15) is 4.79 Å². The van der Waals surface area contributed by atoms with Gasteiger partial charge in [0, 0.05) is 30.5 Å². The number of thiazole rings is 1. The van der Waals surface area contributed by atoms with Crippen molar-refractivity contribution >= 4 is 17.2 Å². The molecule has 1 N–H and O–H groups in total. The Bertz CT molecular complexity index is 704. The topological polar surface area (TPSA) is 45.2 Å². The zero-order valence-electron chi connectivity index (χ0n) is 14.6. The minimum atomic E-state index is 0.0802. The maximum atomic E-state index is 12.9. The first-order valence-corrected chi connectivity index (χ1v) is 9.43. The van der Waals surface area contributed by atoms with Crippen LogP contribution in [0.15, 0.2) is 29.6 Å². The molecule has 0 bridgehead atoms. The Morgan fingerprint density at radius 2 is 2.21 bits per heavy atom. The predicted molar refractivity (Wildman–Crippen MR) is 98.7 cm³/mol. The van der Waals surface area contributed by atoms with Crippen LogP contribution < -0.4 is 5.32 Å². The van der Waals surface area contributed by atoms with Gasteiger partial charge in [0.1, 0.15) is 0 Å². The van der Waals surface area contributed by atoms with Crippen LogP contribution in [0, 0.1) is 0 Å². The van der Waals surface area contributed by atoms with Crippen molar-refractivity contribution in [2.75, 3.05) is 20.1 Å². The van der Waals surface area contributed by atoms with Gasteiger partial charge in [-0.05, 0) is 30.5 Å². The van der Waals surface area contributed by atoms with Gasteiger partial charge in [-0.25, -0.2) is 4.98 Å². The molecular weight excluding hydrogens is 318 g/mol. The minimum absolute atomic E-state index is 0.0802. The summed E-state index contributed by atoms with van der Waals surface area (Å²) in [5, 5.41) is 6.58. The Morgan fingerprint density at radius 1 is 1.42 bits per heavy atom. The first kappa shape index (κ1) is 17.1. The highest BCUT2D eigenvalue weighted by atomic mass is 32.1. The van der Waals surface area contributed by atoms with Crippen LogP contribution in [-0.4, -0.2) is 35.9 Å². The van der Waals surface area contributed by atoms with Crippen LogP contribution >= 0.6 is 11.3 Å². The molecule has 2 heterocycles. The molecule has 2 aromatic rings. The second-order valence-corrected chi connectivity index (χ2v) is 7.66. The molecule has 3 rings (SSSR count). The van der Waals surface area contributed by atoms with Crippen LogP contribution in [-0.2, 0) is 6.54 Å². The van der Waals surface area contributed by atoms with E-state index < -0.39 is 0 Å². The quantitative estimate of drug-likeness (QED) is 0.902. The lowest BCUT2D eigenvalue weighted by Gasteiger charge is -2.20. The second kappa shape index (κ2) is 7.45. The summed E-state index contributed by atoms with van der Waals surface area (Å²) in [6.07, 6.45) is 1.10. The van der Waals surface area contributed by atoms with Crippen molar-refractivity contribution in [1.29, 1.82) is 0 Å². The summed E-state index contributed by atoms with van der Waals surface area (Å²) in [5.41, 5.74) is 2.97. The molecule has 1 aromatic heterocycles. The lowest BCUT2D eigenvalue weighted by atomic mass is 9.93. The van der Waals surface area contributed by atoms with Crippen LogP contribution in [0.1, 0.15) is 58.7 Å². The van der Waals surface area contributed by atoms with E-state index >= 15 is 0 Å². The van der Waals surface area contributed by atoms with E-state index in [2.05, 4.69) is 35.6 Å². The highest BCUT2D eigenvalue weighted by Crippen LogP contribution is 2.27. The van der Waals surface area contributed by atoms with Crippen LogP contribution in [0.4, 0.5) is 0 Å². The van der Waals surface area contributed by atoms with Gasteiger partial charge in [-0.1, -0.05) is 32.0 Å². The molecule has 128 valence electrons.